The Labute approximate surface area is 106 Å². The Morgan fingerprint density at radius 2 is 1.89 bits per heavy atom. The number of hydrogen-bond donors (Lipinski definition) is 0. The molecule has 1 aliphatic rings. The van der Waals surface area contributed by atoms with Crippen molar-refractivity contribution in [2.75, 3.05) is 13.2 Å². The molecule has 1 fully saturated rings. The molecule has 0 N–H and O–H groups in total. The number of imide groups is 1. The number of nitrogens with zero attached hydrogens (tertiary/aromatic N) is 1. The highest BCUT2D eigenvalue weighted by molar-refractivity contribution is 6.01. The van der Waals surface area contributed by atoms with E-state index in [9.17, 15) is 14.4 Å². The van der Waals surface area contributed by atoms with Gasteiger partial charge in [0.1, 0.15) is 0 Å². The van der Waals surface area contributed by atoms with Gasteiger partial charge in [-0.05, 0) is 12.8 Å². The van der Waals surface area contributed by atoms with Crippen LogP contribution in [0.15, 0.2) is 0 Å². The number of hydrogen-bond acceptors (Lipinski definition) is 5. The number of carbonyl (C=O) groups is 3. The topological polar surface area (TPSA) is 72.9 Å². The van der Waals surface area contributed by atoms with Gasteiger partial charge >= 0.3 is 5.97 Å². The lowest BCUT2D eigenvalue weighted by Gasteiger charge is -2.16. The summed E-state index contributed by atoms with van der Waals surface area (Å²) in [5.41, 5.74) is 0. The zero-order chi connectivity index (χ0) is 13.5. The molecule has 0 aliphatic carbocycles. The summed E-state index contributed by atoms with van der Waals surface area (Å²) in [6.07, 6.45) is 1.66. The van der Waals surface area contributed by atoms with Crippen LogP contribution in [-0.2, 0) is 24.0 Å². The van der Waals surface area contributed by atoms with Crippen molar-refractivity contribution in [3.8, 4) is 0 Å². The van der Waals surface area contributed by atoms with Crippen molar-refractivity contribution in [1.29, 1.82) is 0 Å². The van der Waals surface area contributed by atoms with Gasteiger partial charge in [-0.2, -0.15) is 0 Å². The first kappa shape index (κ1) is 14.6. The molecule has 0 spiro atoms. The predicted molar refractivity (Wildman–Crippen MR) is 62.1 cm³/mol. The van der Waals surface area contributed by atoms with Crippen molar-refractivity contribution < 1.29 is 24.0 Å². The molecule has 0 saturated carbocycles. The van der Waals surface area contributed by atoms with E-state index >= 15 is 0 Å². The molecular weight excluding hydrogens is 238 g/mol. The van der Waals surface area contributed by atoms with Crippen LogP contribution in [0.25, 0.3) is 0 Å². The second kappa shape index (κ2) is 7.10. The second-order valence-corrected chi connectivity index (χ2v) is 4.29. The van der Waals surface area contributed by atoms with Crippen LogP contribution < -0.4 is 0 Å². The molecule has 1 aliphatic heterocycles. The van der Waals surface area contributed by atoms with E-state index in [0.717, 1.165) is 6.42 Å². The van der Waals surface area contributed by atoms with E-state index in [1.807, 2.05) is 6.92 Å². The maximum atomic E-state index is 11.6. The Bertz CT molecular complexity index is 312. The highest BCUT2D eigenvalue weighted by atomic mass is 16.7. The molecule has 6 heteroatoms. The Morgan fingerprint density at radius 3 is 2.44 bits per heavy atom. The lowest BCUT2D eigenvalue weighted by Crippen LogP contribution is -2.34. The average molecular weight is 257 g/mol. The van der Waals surface area contributed by atoms with Crippen LogP contribution in [0.5, 0.6) is 0 Å². The first-order valence-electron chi connectivity index (χ1n) is 6.21. The lowest BCUT2D eigenvalue weighted by molar-refractivity contribution is -0.200. The zero-order valence-corrected chi connectivity index (χ0v) is 10.8. The van der Waals surface area contributed by atoms with Crippen LogP contribution in [0.2, 0.25) is 0 Å². The van der Waals surface area contributed by atoms with E-state index in [2.05, 4.69) is 0 Å². The van der Waals surface area contributed by atoms with Gasteiger partial charge < -0.3 is 9.57 Å². The summed E-state index contributed by atoms with van der Waals surface area (Å²) in [7, 11) is 0. The minimum absolute atomic E-state index is 0.111. The Morgan fingerprint density at radius 1 is 1.28 bits per heavy atom. The van der Waals surface area contributed by atoms with Crippen molar-refractivity contribution >= 4 is 17.8 Å². The van der Waals surface area contributed by atoms with Crippen molar-refractivity contribution in [2.45, 2.75) is 39.5 Å². The summed E-state index contributed by atoms with van der Waals surface area (Å²) in [5.74, 6) is -1.88. The molecule has 102 valence electrons. The normalized spacial score (nSPS) is 17.1. The molecule has 0 aromatic carbocycles. The highest BCUT2D eigenvalue weighted by Crippen LogP contribution is 2.14. The second-order valence-electron chi connectivity index (χ2n) is 4.29. The van der Waals surface area contributed by atoms with E-state index in [4.69, 9.17) is 9.57 Å². The SMILES string of the molecule is CCCOCCC(C)C(=O)ON1C(=O)CCC1=O. The fourth-order valence-corrected chi connectivity index (χ4v) is 1.46. The van der Waals surface area contributed by atoms with Gasteiger partial charge in [0.05, 0.1) is 5.92 Å². The largest absolute Gasteiger partial charge is 0.381 e. The van der Waals surface area contributed by atoms with E-state index in [0.29, 0.717) is 24.7 Å². The number of ether oxygens (including phenoxy) is 1. The van der Waals surface area contributed by atoms with Crippen LogP contribution in [0.4, 0.5) is 0 Å². The summed E-state index contributed by atoms with van der Waals surface area (Å²) in [4.78, 5) is 38.9. The molecule has 1 unspecified atom stereocenters. The van der Waals surface area contributed by atoms with E-state index in [1.165, 1.54) is 0 Å². The number of carbonyl (C=O) groups excluding carboxylic acids is 3. The molecular formula is C12H19NO5. The summed E-state index contributed by atoms with van der Waals surface area (Å²) in [6.45, 7) is 4.81. The summed E-state index contributed by atoms with van der Waals surface area (Å²) in [5, 5.41) is 0.575. The smallest absolute Gasteiger partial charge is 0.336 e. The minimum atomic E-state index is -0.571. The molecule has 2 amide bonds. The van der Waals surface area contributed by atoms with Gasteiger partial charge in [-0.15, -0.1) is 5.06 Å². The third kappa shape index (κ3) is 4.10. The van der Waals surface area contributed by atoms with Gasteiger partial charge in [0.25, 0.3) is 11.8 Å². The molecule has 1 rings (SSSR count). The van der Waals surface area contributed by atoms with Crippen LogP contribution >= 0.6 is 0 Å². The molecule has 1 atom stereocenters. The molecule has 18 heavy (non-hydrogen) atoms. The lowest BCUT2D eigenvalue weighted by atomic mass is 10.1. The van der Waals surface area contributed by atoms with E-state index in [-0.39, 0.29) is 12.8 Å². The fraction of sp³-hybridized carbons (Fsp3) is 0.750. The monoisotopic (exact) mass is 257 g/mol. The maximum Gasteiger partial charge on any atom is 0.336 e. The van der Waals surface area contributed by atoms with Gasteiger partial charge in [-0.25, -0.2) is 4.79 Å². The van der Waals surface area contributed by atoms with Crippen LogP contribution in [0.1, 0.15) is 39.5 Å². The average Bonchev–Trinajstić information content (AvgIpc) is 2.66. The van der Waals surface area contributed by atoms with Crippen molar-refractivity contribution in [2.24, 2.45) is 5.92 Å². The van der Waals surface area contributed by atoms with Crippen LogP contribution in [-0.4, -0.2) is 36.1 Å². The highest BCUT2D eigenvalue weighted by Gasteiger charge is 2.33. The Hall–Kier alpha value is -1.43. The van der Waals surface area contributed by atoms with Crippen LogP contribution in [0.3, 0.4) is 0 Å². The fourth-order valence-electron chi connectivity index (χ4n) is 1.46. The molecule has 1 saturated heterocycles. The summed E-state index contributed by atoms with van der Waals surface area (Å²) >= 11 is 0. The zero-order valence-electron chi connectivity index (χ0n) is 10.8. The molecule has 1 heterocycles. The third-order valence-electron chi connectivity index (χ3n) is 2.63. The Kier molecular flexibility index (Phi) is 5.77. The number of hydroxylamine groups is 2. The molecule has 0 bridgehead atoms. The quantitative estimate of drug-likeness (QED) is 0.503. The van der Waals surface area contributed by atoms with Gasteiger partial charge in [0.15, 0.2) is 0 Å². The van der Waals surface area contributed by atoms with Crippen molar-refractivity contribution in [3.05, 3.63) is 0 Å². The van der Waals surface area contributed by atoms with E-state index in [1.54, 1.807) is 6.92 Å². The first-order valence-corrected chi connectivity index (χ1v) is 6.21. The van der Waals surface area contributed by atoms with Crippen molar-refractivity contribution in [3.63, 3.8) is 0 Å². The van der Waals surface area contributed by atoms with Gasteiger partial charge in [0.2, 0.25) is 0 Å². The minimum Gasteiger partial charge on any atom is -0.381 e. The van der Waals surface area contributed by atoms with Gasteiger partial charge in [0, 0.05) is 26.1 Å². The predicted octanol–water partition coefficient (Wildman–Crippen LogP) is 1.05. The van der Waals surface area contributed by atoms with E-state index < -0.39 is 23.7 Å². The Balaban J connectivity index is 2.31. The maximum absolute atomic E-state index is 11.6. The molecule has 0 radical (unpaired) electrons. The standard InChI is InChI=1S/C12H19NO5/c1-3-7-17-8-6-9(2)12(16)18-13-10(14)4-5-11(13)15/h9H,3-8H2,1-2H3. The van der Waals surface area contributed by atoms with Gasteiger partial charge in [-0.3, -0.25) is 9.59 Å². The number of rotatable bonds is 7. The molecule has 0 aromatic rings. The summed E-state index contributed by atoms with van der Waals surface area (Å²) < 4.78 is 5.26. The first-order chi connectivity index (χ1) is 8.56. The summed E-state index contributed by atoms with van der Waals surface area (Å²) in [6, 6.07) is 0. The van der Waals surface area contributed by atoms with Crippen LogP contribution in [0, 0.1) is 5.92 Å². The van der Waals surface area contributed by atoms with Crippen molar-refractivity contribution in [1.82, 2.24) is 5.06 Å². The number of amides is 2. The third-order valence-corrected chi connectivity index (χ3v) is 2.63. The van der Waals surface area contributed by atoms with Gasteiger partial charge in [-0.1, -0.05) is 13.8 Å². The molecule has 0 aromatic heterocycles. The molecule has 6 nitrogen and oxygen atoms in total.